The third kappa shape index (κ3) is 6.50. The summed E-state index contributed by atoms with van der Waals surface area (Å²) in [6.45, 7) is 4.41. The highest BCUT2D eigenvalue weighted by atomic mass is 32.2. The first-order valence-corrected chi connectivity index (χ1v) is 11.3. The van der Waals surface area contributed by atoms with Gasteiger partial charge >= 0.3 is 0 Å². The van der Waals surface area contributed by atoms with Gasteiger partial charge in [0.15, 0.2) is 5.69 Å². The van der Waals surface area contributed by atoms with Crippen LogP contribution in [0.25, 0.3) is 0 Å². The number of benzene rings is 2. The van der Waals surface area contributed by atoms with Crippen LogP contribution >= 0.6 is 0 Å². The van der Waals surface area contributed by atoms with Crippen LogP contribution < -0.4 is 10.0 Å². The van der Waals surface area contributed by atoms with Gasteiger partial charge in [0.2, 0.25) is 10.0 Å². The molecule has 0 aliphatic heterocycles. The van der Waals surface area contributed by atoms with Crippen molar-refractivity contribution in [2.75, 3.05) is 0 Å². The summed E-state index contributed by atoms with van der Waals surface area (Å²) in [6, 6.07) is 16.7. The molecule has 1 amide bonds. The Hall–Kier alpha value is -3.04. The second kappa shape index (κ2) is 9.64. The number of carbonyl (C=O) groups is 1. The number of hydrogen-bond acceptors (Lipinski definition) is 5. The number of nitrogens with one attached hydrogen (secondary N) is 2. The van der Waals surface area contributed by atoms with E-state index in [0.29, 0.717) is 18.7 Å². The summed E-state index contributed by atoms with van der Waals surface area (Å²) >= 11 is 0. The molecule has 30 heavy (non-hydrogen) atoms. The number of carbonyl (C=O) groups excluding carboxylic acids is 1. The number of hydrogen-bond donors (Lipinski definition) is 2. The van der Waals surface area contributed by atoms with Gasteiger partial charge in [0, 0.05) is 12.6 Å². The van der Waals surface area contributed by atoms with Gasteiger partial charge in [-0.1, -0.05) is 59.8 Å². The van der Waals surface area contributed by atoms with Crippen molar-refractivity contribution >= 4 is 15.9 Å². The first-order chi connectivity index (χ1) is 14.3. The largest absolute Gasteiger partial charge is 0.347 e. The molecule has 3 aromatic rings. The molecule has 0 atom stereocenters. The summed E-state index contributed by atoms with van der Waals surface area (Å²) in [5.41, 5.74) is 2.86. The Morgan fingerprint density at radius 3 is 2.33 bits per heavy atom. The molecule has 8 nitrogen and oxygen atoms in total. The zero-order valence-electron chi connectivity index (χ0n) is 16.9. The van der Waals surface area contributed by atoms with Crippen molar-refractivity contribution in [3.05, 3.63) is 83.2 Å². The fraction of sp³-hybridized carbons (Fsp3) is 0.286. The zero-order valence-corrected chi connectivity index (χ0v) is 17.8. The zero-order chi connectivity index (χ0) is 21.6. The van der Waals surface area contributed by atoms with Crippen LogP contribution in [0.2, 0.25) is 0 Å². The van der Waals surface area contributed by atoms with Crippen LogP contribution in [0.15, 0.2) is 60.8 Å². The number of rotatable bonds is 9. The average Bonchev–Trinajstić information content (AvgIpc) is 3.15. The molecule has 0 aliphatic rings. The molecular weight excluding hydrogens is 402 g/mol. The highest BCUT2D eigenvalue weighted by Gasteiger charge is 2.13. The lowest BCUT2D eigenvalue weighted by Crippen LogP contribution is -2.31. The van der Waals surface area contributed by atoms with E-state index in [9.17, 15) is 13.2 Å². The van der Waals surface area contributed by atoms with Gasteiger partial charge in [-0.25, -0.2) is 17.8 Å². The van der Waals surface area contributed by atoms with Crippen molar-refractivity contribution in [2.45, 2.75) is 38.7 Å². The number of sulfonamides is 1. The minimum atomic E-state index is -3.37. The molecule has 0 bridgehead atoms. The van der Waals surface area contributed by atoms with Crippen molar-refractivity contribution in [1.82, 2.24) is 25.0 Å². The second-order valence-corrected chi connectivity index (χ2v) is 9.07. The molecule has 9 heteroatoms. The average molecular weight is 428 g/mol. The molecule has 1 aromatic heterocycles. The van der Waals surface area contributed by atoms with Gasteiger partial charge in [0.25, 0.3) is 5.91 Å². The number of nitrogens with zero attached hydrogens (tertiary/aromatic N) is 3. The molecule has 0 saturated carbocycles. The highest BCUT2D eigenvalue weighted by molar-refractivity contribution is 7.88. The third-order valence-corrected chi connectivity index (χ3v) is 5.75. The molecule has 158 valence electrons. The minimum Gasteiger partial charge on any atom is -0.347 e. The molecule has 2 aromatic carbocycles. The molecular formula is C21H25N5O3S. The lowest BCUT2D eigenvalue weighted by molar-refractivity contribution is 0.0946. The fourth-order valence-electron chi connectivity index (χ4n) is 2.90. The van der Waals surface area contributed by atoms with Crippen LogP contribution in [-0.4, -0.2) is 35.4 Å². The maximum absolute atomic E-state index is 12.3. The Bertz CT molecular complexity index is 1080. The minimum absolute atomic E-state index is 0.0810. The van der Waals surface area contributed by atoms with Gasteiger partial charge < -0.3 is 5.32 Å². The van der Waals surface area contributed by atoms with Gasteiger partial charge in [-0.3, -0.25) is 4.79 Å². The Morgan fingerprint density at radius 2 is 1.67 bits per heavy atom. The molecule has 2 N–H and O–H groups in total. The summed E-state index contributed by atoms with van der Waals surface area (Å²) < 4.78 is 28.2. The van der Waals surface area contributed by atoms with E-state index >= 15 is 0 Å². The smallest absolute Gasteiger partial charge is 0.273 e. The Balaban J connectivity index is 1.52. The molecule has 3 rings (SSSR count). The lowest BCUT2D eigenvalue weighted by Gasteiger charge is -2.10. The quantitative estimate of drug-likeness (QED) is 0.544. The van der Waals surface area contributed by atoms with Gasteiger partial charge in [-0.15, -0.1) is 5.10 Å². The predicted molar refractivity (Wildman–Crippen MR) is 114 cm³/mol. The maximum atomic E-state index is 12.3. The summed E-state index contributed by atoms with van der Waals surface area (Å²) in [7, 11) is -3.37. The molecule has 1 heterocycles. The van der Waals surface area contributed by atoms with Crippen LogP contribution in [0, 0.1) is 0 Å². The summed E-state index contributed by atoms with van der Waals surface area (Å²) in [5, 5.41) is 10.7. The first-order valence-electron chi connectivity index (χ1n) is 9.61. The number of aromatic nitrogens is 3. The van der Waals surface area contributed by atoms with E-state index in [1.54, 1.807) is 49.0 Å². The summed E-state index contributed by atoms with van der Waals surface area (Å²) in [4.78, 5) is 12.3. The van der Waals surface area contributed by atoms with Gasteiger partial charge in [-0.05, 0) is 30.5 Å². The molecule has 0 aliphatic carbocycles. The first kappa shape index (κ1) is 21.7. The second-order valence-electron chi connectivity index (χ2n) is 7.32. The highest BCUT2D eigenvalue weighted by Crippen LogP contribution is 2.09. The van der Waals surface area contributed by atoms with E-state index in [-0.39, 0.29) is 23.4 Å². The molecule has 0 fully saturated rings. The van der Waals surface area contributed by atoms with Crippen LogP contribution in [0.4, 0.5) is 0 Å². The van der Waals surface area contributed by atoms with E-state index in [0.717, 1.165) is 11.1 Å². The van der Waals surface area contributed by atoms with Crippen molar-refractivity contribution in [2.24, 2.45) is 0 Å². The van der Waals surface area contributed by atoms with Gasteiger partial charge in [0.1, 0.15) is 0 Å². The van der Waals surface area contributed by atoms with E-state index in [2.05, 4.69) is 20.4 Å². The van der Waals surface area contributed by atoms with Crippen molar-refractivity contribution in [1.29, 1.82) is 0 Å². The van der Waals surface area contributed by atoms with Crippen LogP contribution in [0.5, 0.6) is 0 Å². The van der Waals surface area contributed by atoms with Crippen molar-refractivity contribution < 1.29 is 13.2 Å². The van der Waals surface area contributed by atoms with Crippen molar-refractivity contribution in [3.8, 4) is 0 Å². The van der Waals surface area contributed by atoms with E-state index in [1.165, 1.54) is 0 Å². The predicted octanol–water partition coefficient (Wildman–Crippen LogP) is 2.08. The topological polar surface area (TPSA) is 106 Å². The summed E-state index contributed by atoms with van der Waals surface area (Å²) in [6.07, 6.45) is 1.61. The molecule has 0 radical (unpaired) electrons. The summed E-state index contributed by atoms with van der Waals surface area (Å²) in [5.74, 6) is -0.399. The number of amides is 1. The standard InChI is InChI=1S/C21H25N5O3S/c1-16(2)24-30(28,29)15-19-10-8-17(9-11-19)12-22-21(27)20-14-26(25-23-20)13-18-6-4-3-5-7-18/h3-11,14,16,24H,12-13,15H2,1-2H3,(H,22,27). The maximum Gasteiger partial charge on any atom is 0.273 e. The Morgan fingerprint density at radius 1 is 1.00 bits per heavy atom. The van der Waals surface area contributed by atoms with Crippen LogP contribution in [-0.2, 0) is 28.9 Å². The Labute approximate surface area is 176 Å². The van der Waals surface area contributed by atoms with Gasteiger partial charge in [-0.2, -0.15) is 0 Å². The van der Waals surface area contributed by atoms with Crippen LogP contribution in [0.1, 0.15) is 41.0 Å². The van der Waals surface area contributed by atoms with Crippen molar-refractivity contribution in [3.63, 3.8) is 0 Å². The SMILES string of the molecule is CC(C)NS(=O)(=O)Cc1ccc(CNC(=O)c2cn(Cc3ccccc3)nn2)cc1. The molecule has 0 saturated heterocycles. The molecule has 0 spiro atoms. The van der Waals surface area contributed by atoms with E-state index in [4.69, 9.17) is 0 Å². The van der Waals surface area contributed by atoms with E-state index < -0.39 is 10.0 Å². The van der Waals surface area contributed by atoms with E-state index in [1.807, 2.05) is 30.3 Å². The Kier molecular flexibility index (Phi) is 6.96. The monoisotopic (exact) mass is 427 g/mol. The fourth-order valence-corrected chi connectivity index (χ4v) is 4.33. The van der Waals surface area contributed by atoms with Gasteiger partial charge in [0.05, 0.1) is 18.5 Å². The van der Waals surface area contributed by atoms with Crippen LogP contribution in [0.3, 0.4) is 0 Å². The third-order valence-electron chi connectivity index (χ3n) is 4.21. The molecule has 0 unspecified atom stereocenters. The lowest BCUT2D eigenvalue weighted by atomic mass is 10.1. The normalized spacial score (nSPS) is 11.6.